The van der Waals surface area contributed by atoms with Crippen molar-refractivity contribution in [3.8, 4) is 0 Å². The smallest absolute Gasteiger partial charge is 0.160 e. The Kier molecular flexibility index (Phi) is 7.40. The fourth-order valence-electron chi connectivity index (χ4n) is 3.39. The minimum atomic E-state index is 0.0540. The molecule has 0 radical (unpaired) electrons. The van der Waals surface area contributed by atoms with Gasteiger partial charge in [0.15, 0.2) is 6.29 Å². The lowest BCUT2D eigenvalue weighted by atomic mass is 9.81. The van der Waals surface area contributed by atoms with E-state index in [-0.39, 0.29) is 6.29 Å². The molecular formula is C17H29ClO2. The largest absolute Gasteiger partial charge is 0.352 e. The number of hydrogen-bond acceptors (Lipinski definition) is 2. The van der Waals surface area contributed by atoms with Gasteiger partial charge in [-0.3, -0.25) is 0 Å². The summed E-state index contributed by atoms with van der Waals surface area (Å²) < 4.78 is 12.0. The maximum Gasteiger partial charge on any atom is 0.160 e. The van der Waals surface area contributed by atoms with Crippen LogP contribution < -0.4 is 0 Å². The zero-order chi connectivity index (χ0) is 14.2. The van der Waals surface area contributed by atoms with Gasteiger partial charge in [0.05, 0.1) is 13.2 Å². The van der Waals surface area contributed by atoms with Gasteiger partial charge in [-0.25, -0.2) is 0 Å². The van der Waals surface area contributed by atoms with Gasteiger partial charge in [0, 0.05) is 17.4 Å². The fourth-order valence-corrected chi connectivity index (χ4v) is 3.60. The predicted molar refractivity (Wildman–Crippen MR) is 83.8 cm³/mol. The van der Waals surface area contributed by atoms with Crippen molar-refractivity contribution in [2.45, 2.75) is 64.6 Å². The molecule has 0 amide bonds. The topological polar surface area (TPSA) is 18.5 Å². The number of halogens is 1. The molecule has 20 heavy (non-hydrogen) atoms. The molecule has 0 aromatic heterocycles. The van der Waals surface area contributed by atoms with E-state index in [9.17, 15) is 0 Å². The highest BCUT2D eigenvalue weighted by molar-refractivity contribution is 6.25. The lowest BCUT2D eigenvalue weighted by molar-refractivity contribution is -0.229. The van der Waals surface area contributed by atoms with E-state index in [4.69, 9.17) is 21.1 Å². The molecular weight excluding hydrogens is 272 g/mol. The molecule has 0 spiro atoms. The van der Waals surface area contributed by atoms with Gasteiger partial charge < -0.3 is 9.47 Å². The number of unbranched alkanes of at least 4 members (excludes halogenated alkanes) is 2. The third-order valence-electron chi connectivity index (χ3n) is 4.75. The molecule has 1 saturated carbocycles. The van der Waals surface area contributed by atoms with Crippen LogP contribution in [0.3, 0.4) is 0 Å². The first kappa shape index (κ1) is 16.3. The Morgan fingerprint density at radius 3 is 2.35 bits per heavy atom. The zero-order valence-electron chi connectivity index (χ0n) is 12.7. The first-order valence-corrected chi connectivity index (χ1v) is 8.77. The molecule has 0 aromatic rings. The average Bonchev–Trinajstić information content (AvgIpc) is 2.49. The third kappa shape index (κ3) is 5.05. The van der Waals surface area contributed by atoms with E-state index in [0.717, 1.165) is 13.2 Å². The van der Waals surface area contributed by atoms with Crippen LogP contribution >= 0.6 is 11.6 Å². The van der Waals surface area contributed by atoms with Crippen LogP contribution in [0.25, 0.3) is 0 Å². The summed E-state index contributed by atoms with van der Waals surface area (Å²) in [4.78, 5) is 0. The summed E-state index contributed by atoms with van der Waals surface area (Å²) in [5.41, 5.74) is 1.67. The summed E-state index contributed by atoms with van der Waals surface area (Å²) in [5, 5.41) is 0. The van der Waals surface area contributed by atoms with Gasteiger partial charge in [0.1, 0.15) is 0 Å². The van der Waals surface area contributed by atoms with Crippen LogP contribution in [0.4, 0.5) is 0 Å². The van der Waals surface area contributed by atoms with E-state index in [2.05, 4.69) is 13.0 Å². The predicted octanol–water partition coefficient (Wildman–Crippen LogP) is 5.11. The Labute approximate surface area is 128 Å². The lowest BCUT2D eigenvalue weighted by Crippen LogP contribution is -2.38. The van der Waals surface area contributed by atoms with Crippen LogP contribution in [0, 0.1) is 17.8 Å². The molecule has 2 fully saturated rings. The van der Waals surface area contributed by atoms with E-state index >= 15 is 0 Å². The first-order chi connectivity index (χ1) is 9.83. The quantitative estimate of drug-likeness (QED) is 0.634. The number of rotatable bonds is 6. The summed E-state index contributed by atoms with van der Waals surface area (Å²) in [6, 6.07) is 0. The SMILES string of the molecule is CCCCCC1COC(C2CCC(/C=C/Cl)CC2)OC1. The molecule has 1 heterocycles. The minimum Gasteiger partial charge on any atom is -0.352 e. The van der Waals surface area contributed by atoms with Crippen molar-refractivity contribution in [1.29, 1.82) is 0 Å². The normalized spacial score (nSPS) is 35.5. The number of hydrogen-bond donors (Lipinski definition) is 0. The summed E-state index contributed by atoms with van der Waals surface area (Å²) in [7, 11) is 0. The van der Waals surface area contributed by atoms with Gasteiger partial charge in [-0.1, -0.05) is 43.9 Å². The molecule has 1 aliphatic carbocycles. The van der Waals surface area contributed by atoms with Gasteiger partial charge in [0.2, 0.25) is 0 Å². The zero-order valence-corrected chi connectivity index (χ0v) is 13.5. The van der Waals surface area contributed by atoms with E-state index in [1.54, 1.807) is 5.54 Å². The summed E-state index contributed by atoms with van der Waals surface area (Å²) in [6.07, 6.45) is 12.2. The van der Waals surface area contributed by atoms with Crippen molar-refractivity contribution >= 4 is 11.6 Å². The Morgan fingerprint density at radius 1 is 1.05 bits per heavy atom. The lowest BCUT2D eigenvalue weighted by Gasteiger charge is -2.37. The van der Waals surface area contributed by atoms with Crippen LogP contribution in [0.15, 0.2) is 11.6 Å². The molecule has 0 aromatic carbocycles. The highest BCUT2D eigenvalue weighted by Crippen LogP contribution is 2.34. The van der Waals surface area contributed by atoms with Crippen molar-refractivity contribution in [3.63, 3.8) is 0 Å². The van der Waals surface area contributed by atoms with Gasteiger partial charge in [-0.05, 0) is 38.0 Å². The van der Waals surface area contributed by atoms with E-state index in [1.807, 2.05) is 0 Å². The molecule has 0 bridgehead atoms. The molecule has 0 unspecified atom stereocenters. The van der Waals surface area contributed by atoms with Crippen LogP contribution in [-0.2, 0) is 9.47 Å². The second kappa shape index (κ2) is 9.07. The molecule has 1 aliphatic heterocycles. The third-order valence-corrected chi connectivity index (χ3v) is 4.90. The highest BCUT2D eigenvalue weighted by atomic mass is 35.5. The van der Waals surface area contributed by atoms with Gasteiger partial charge >= 0.3 is 0 Å². The second-order valence-electron chi connectivity index (χ2n) is 6.39. The fraction of sp³-hybridized carbons (Fsp3) is 0.882. The van der Waals surface area contributed by atoms with Gasteiger partial charge in [-0.15, -0.1) is 0 Å². The Bertz CT molecular complexity index is 277. The average molecular weight is 301 g/mol. The summed E-state index contributed by atoms with van der Waals surface area (Å²) >= 11 is 5.66. The number of allylic oxidation sites excluding steroid dienone is 1. The molecule has 2 nitrogen and oxygen atoms in total. The summed E-state index contributed by atoms with van der Waals surface area (Å²) in [6.45, 7) is 4.05. The molecule has 2 rings (SSSR count). The Balaban J connectivity index is 1.64. The minimum absolute atomic E-state index is 0.0540. The van der Waals surface area contributed by atoms with E-state index in [0.29, 0.717) is 17.8 Å². The monoisotopic (exact) mass is 300 g/mol. The standard InChI is InChI=1S/C17H29ClO2/c1-2-3-4-5-15-12-19-17(20-13-15)16-8-6-14(7-9-16)10-11-18/h10-11,14-17H,2-9,12-13H2,1H3/b11-10+. The number of ether oxygens (including phenoxy) is 2. The van der Waals surface area contributed by atoms with Crippen LogP contribution in [0.1, 0.15) is 58.3 Å². The first-order valence-electron chi connectivity index (χ1n) is 8.33. The molecule has 0 N–H and O–H groups in total. The maximum atomic E-state index is 5.99. The molecule has 116 valence electrons. The Morgan fingerprint density at radius 2 is 1.75 bits per heavy atom. The second-order valence-corrected chi connectivity index (χ2v) is 6.64. The van der Waals surface area contributed by atoms with Crippen LogP contribution in [0.5, 0.6) is 0 Å². The van der Waals surface area contributed by atoms with Crippen molar-refractivity contribution < 1.29 is 9.47 Å². The van der Waals surface area contributed by atoms with Crippen LogP contribution in [-0.4, -0.2) is 19.5 Å². The molecule has 2 aliphatic rings. The van der Waals surface area contributed by atoms with Crippen molar-refractivity contribution in [2.75, 3.05) is 13.2 Å². The van der Waals surface area contributed by atoms with E-state index < -0.39 is 0 Å². The van der Waals surface area contributed by atoms with E-state index in [1.165, 1.54) is 51.4 Å². The van der Waals surface area contributed by atoms with Crippen molar-refractivity contribution in [3.05, 3.63) is 11.6 Å². The van der Waals surface area contributed by atoms with Crippen LogP contribution in [0.2, 0.25) is 0 Å². The van der Waals surface area contributed by atoms with Crippen molar-refractivity contribution in [1.82, 2.24) is 0 Å². The van der Waals surface area contributed by atoms with Gasteiger partial charge in [0.25, 0.3) is 0 Å². The Hall–Kier alpha value is -0.0500. The highest BCUT2D eigenvalue weighted by Gasteiger charge is 2.31. The molecule has 0 atom stereocenters. The van der Waals surface area contributed by atoms with Gasteiger partial charge in [-0.2, -0.15) is 0 Å². The molecule has 3 heteroatoms. The maximum absolute atomic E-state index is 5.99. The molecule has 1 saturated heterocycles. The summed E-state index contributed by atoms with van der Waals surface area (Å²) in [5.74, 6) is 1.87. The van der Waals surface area contributed by atoms with Crippen molar-refractivity contribution in [2.24, 2.45) is 17.8 Å².